The molecule has 2 aromatic rings. The van der Waals surface area contributed by atoms with Gasteiger partial charge in [-0.1, -0.05) is 29.8 Å². The topological polar surface area (TPSA) is 68.3 Å². The number of rotatable bonds is 6. The van der Waals surface area contributed by atoms with Gasteiger partial charge in [0.2, 0.25) is 12.7 Å². The van der Waals surface area contributed by atoms with Crippen molar-refractivity contribution in [2.45, 2.75) is 13.0 Å². The molecule has 1 saturated heterocycles. The van der Waals surface area contributed by atoms with Crippen LogP contribution < -0.4 is 9.47 Å². The summed E-state index contributed by atoms with van der Waals surface area (Å²) in [7, 11) is 0. The summed E-state index contributed by atoms with van der Waals surface area (Å²) >= 11 is 6.00. The summed E-state index contributed by atoms with van der Waals surface area (Å²) in [5.41, 5.74) is 1.70. The first-order chi connectivity index (χ1) is 15.5. The van der Waals surface area contributed by atoms with Gasteiger partial charge in [-0.15, -0.1) is 0 Å². The first-order valence-corrected chi connectivity index (χ1v) is 11.0. The zero-order valence-electron chi connectivity index (χ0n) is 17.8. The minimum atomic E-state index is -0.520. The second kappa shape index (κ2) is 10.1. The van der Waals surface area contributed by atoms with Crippen LogP contribution in [0.25, 0.3) is 6.08 Å². The van der Waals surface area contributed by atoms with Crippen LogP contribution in [-0.4, -0.2) is 61.3 Å². The Kier molecular flexibility index (Phi) is 6.97. The molecule has 0 spiro atoms. The number of piperazine rings is 1. The Morgan fingerprint density at radius 2 is 1.78 bits per heavy atom. The van der Waals surface area contributed by atoms with Crippen LogP contribution in [0.4, 0.5) is 0 Å². The van der Waals surface area contributed by atoms with Crippen LogP contribution in [0.3, 0.4) is 0 Å². The minimum Gasteiger partial charge on any atom is -0.465 e. The van der Waals surface area contributed by atoms with Crippen LogP contribution in [0.5, 0.6) is 11.5 Å². The molecule has 1 amide bonds. The van der Waals surface area contributed by atoms with Crippen molar-refractivity contribution >= 4 is 29.6 Å². The van der Waals surface area contributed by atoms with E-state index in [-0.39, 0.29) is 18.7 Å². The Hall–Kier alpha value is -3.03. The maximum atomic E-state index is 12.7. The van der Waals surface area contributed by atoms with E-state index in [1.54, 1.807) is 36.1 Å². The largest absolute Gasteiger partial charge is 0.465 e. The maximum Gasteiger partial charge on any atom is 0.328 e. The third-order valence-electron chi connectivity index (χ3n) is 5.50. The van der Waals surface area contributed by atoms with E-state index in [0.29, 0.717) is 49.3 Å². The lowest BCUT2D eigenvalue weighted by Crippen LogP contribution is -2.50. The summed E-state index contributed by atoms with van der Waals surface area (Å²) in [4.78, 5) is 29.2. The molecule has 2 aliphatic rings. The number of carbonyl (C=O) groups excluding carboxylic acids is 2. The van der Waals surface area contributed by atoms with E-state index in [1.807, 2.05) is 35.2 Å². The van der Waals surface area contributed by atoms with Crippen LogP contribution in [0.15, 0.2) is 48.5 Å². The van der Waals surface area contributed by atoms with Crippen molar-refractivity contribution in [2.24, 2.45) is 0 Å². The third-order valence-corrected chi connectivity index (χ3v) is 5.75. The SMILES string of the molecule is CCOC(=O)C(c1ccc(Cl)cc1)N1CCN(C(=O)/C=C/c2ccc3c(c2)OCO3)CC1. The van der Waals surface area contributed by atoms with Crippen molar-refractivity contribution in [3.8, 4) is 11.5 Å². The third kappa shape index (κ3) is 5.06. The van der Waals surface area contributed by atoms with Crippen molar-refractivity contribution in [1.29, 1.82) is 0 Å². The zero-order valence-corrected chi connectivity index (χ0v) is 18.6. The molecule has 4 rings (SSSR count). The number of halogens is 1. The van der Waals surface area contributed by atoms with E-state index >= 15 is 0 Å². The summed E-state index contributed by atoms with van der Waals surface area (Å²) in [6.45, 7) is 4.49. The maximum absolute atomic E-state index is 12.7. The normalized spacial score (nSPS) is 16.9. The highest BCUT2D eigenvalue weighted by Crippen LogP contribution is 2.33. The van der Waals surface area contributed by atoms with Crippen LogP contribution in [-0.2, 0) is 14.3 Å². The predicted molar refractivity (Wildman–Crippen MR) is 121 cm³/mol. The molecule has 1 unspecified atom stereocenters. The van der Waals surface area contributed by atoms with Crippen molar-refractivity contribution in [1.82, 2.24) is 9.80 Å². The van der Waals surface area contributed by atoms with Gasteiger partial charge in [-0.3, -0.25) is 9.69 Å². The quantitative estimate of drug-likeness (QED) is 0.489. The van der Waals surface area contributed by atoms with E-state index in [2.05, 4.69) is 0 Å². The number of nitrogens with zero attached hydrogens (tertiary/aromatic N) is 2. The number of ether oxygens (including phenoxy) is 3. The molecule has 2 aliphatic heterocycles. The van der Waals surface area contributed by atoms with Crippen LogP contribution >= 0.6 is 11.6 Å². The van der Waals surface area contributed by atoms with E-state index in [0.717, 1.165) is 11.1 Å². The number of amides is 1. The van der Waals surface area contributed by atoms with Crippen molar-refractivity contribution in [3.05, 3.63) is 64.7 Å². The molecule has 32 heavy (non-hydrogen) atoms. The van der Waals surface area contributed by atoms with E-state index in [4.69, 9.17) is 25.8 Å². The summed E-state index contributed by atoms with van der Waals surface area (Å²) in [6.07, 6.45) is 3.33. The summed E-state index contributed by atoms with van der Waals surface area (Å²) in [6, 6.07) is 12.3. The number of carbonyl (C=O) groups is 2. The molecule has 0 aliphatic carbocycles. The molecule has 7 nitrogen and oxygen atoms in total. The van der Waals surface area contributed by atoms with Gasteiger partial charge in [0.25, 0.3) is 0 Å². The second-order valence-corrected chi connectivity index (χ2v) is 7.95. The average molecular weight is 457 g/mol. The number of benzene rings is 2. The molecule has 2 heterocycles. The molecule has 0 saturated carbocycles. The molecule has 0 bridgehead atoms. The molecule has 1 atom stereocenters. The van der Waals surface area contributed by atoms with Gasteiger partial charge in [0.1, 0.15) is 6.04 Å². The van der Waals surface area contributed by atoms with Gasteiger partial charge in [0.15, 0.2) is 11.5 Å². The minimum absolute atomic E-state index is 0.0681. The fraction of sp³-hybridized carbons (Fsp3) is 0.333. The van der Waals surface area contributed by atoms with Crippen molar-refractivity contribution < 1.29 is 23.8 Å². The number of hydrogen-bond donors (Lipinski definition) is 0. The van der Waals surface area contributed by atoms with Gasteiger partial charge < -0.3 is 19.1 Å². The molecule has 168 valence electrons. The monoisotopic (exact) mass is 456 g/mol. The van der Waals surface area contributed by atoms with Crippen LogP contribution in [0.2, 0.25) is 5.02 Å². The van der Waals surface area contributed by atoms with Gasteiger partial charge in [-0.25, -0.2) is 4.79 Å². The molecule has 0 N–H and O–H groups in total. The Balaban J connectivity index is 1.38. The number of esters is 1. The molecule has 1 fully saturated rings. The van der Waals surface area contributed by atoms with Gasteiger partial charge in [-0.2, -0.15) is 0 Å². The van der Waals surface area contributed by atoms with E-state index < -0.39 is 6.04 Å². The fourth-order valence-corrected chi connectivity index (χ4v) is 3.98. The van der Waals surface area contributed by atoms with Crippen LogP contribution in [0, 0.1) is 0 Å². The summed E-state index contributed by atoms with van der Waals surface area (Å²) in [5, 5.41) is 0.612. The summed E-state index contributed by atoms with van der Waals surface area (Å²) in [5.74, 6) is 1.03. The number of hydrogen-bond acceptors (Lipinski definition) is 6. The fourth-order valence-electron chi connectivity index (χ4n) is 3.85. The van der Waals surface area contributed by atoms with Gasteiger partial charge in [0.05, 0.1) is 6.61 Å². The smallest absolute Gasteiger partial charge is 0.328 e. The van der Waals surface area contributed by atoms with Gasteiger partial charge >= 0.3 is 5.97 Å². The highest BCUT2D eigenvalue weighted by Gasteiger charge is 2.32. The Morgan fingerprint density at radius 1 is 1.06 bits per heavy atom. The first kappa shape index (κ1) is 22.2. The van der Waals surface area contributed by atoms with Gasteiger partial charge in [0, 0.05) is 37.3 Å². The number of fused-ring (bicyclic) bond motifs is 1. The van der Waals surface area contributed by atoms with Gasteiger partial charge in [-0.05, 0) is 48.4 Å². The molecule has 2 aromatic carbocycles. The second-order valence-electron chi connectivity index (χ2n) is 7.51. The summed E-state index contributed by atoms with van der Waals surface area (Å²) < 4.78 is 16.0. The first-order valence-electron chi connectivity index (χ1n) is 10.6. The Bertz CT molecular complexity index is 1000. The lowest BCUT2D eigenvalue weighted by molar-refractivity contribution is -0.151. The molecule has 0 aromatic heterocycles. The Morgan fingerprint density at radius 3 is 2.50 bits per heavy atom. The average Bonchev–Trinajstić information content (AvgIpc) is 3.27. The molecular formula is C24H25ClN2O5. The lowest BCUT2D eigenvalue weighted by atomic mass is 10.0. The zero-order chi connectivity index (χ0) is 22.5. The molecular weight excluding hydrogens is 432 g/mol. The highest BCUT2D eigenvalue weighted by molar-refractivity contribution is 6.30. The predicted octanol–water partition coefficient (Wildman–Crippen LogP) is 3.53. The molecule has 0 radical (unpaired) electrons. The Labute approximate surface area is 192 Å². The lowest BCUT2D eigenvalue weighted by Gasteiger charge is -2.38. The van der Waals surface area contributed by atoms with Crippen molar-refractivity contribution in [2.75, 3.05) is 39.6 Å². The standard InChI is InChI=1S/C24H25ClN2O5/c1-2-30-24(29)23(18-5-7-19(25)8-6-18)27-13-11-26(12-14-27)22(28)10-4-17-3-9-20-21(15-17)32-16-31-20/h3-10,15,23H,2,11-14,16H2,1H3/b10-4+. The van der Waals surface area contributed by atoms with E-state index in [9.17, 15) is 9.59 Å². The van der Waals surface area contributed by atoms with Crippen molar-refractivity contribution in [3.63, 3.8) is 0 Å². The van der Waals surface area contributed by atoms with E-state index in [1.165, 1.54) is 0 Å². The molecule has 8 heteroatoms. The van der Waals surface area contributed by atoms with Crippen LogP contribution in [0.1, 0.15) is 24.1 Å². The highest BCUT2D eigenvalue weighted by atomic mass is 35.5.